The quantitative estimate of drug-likeness (QED) is 0.439. The molecule has 2 aromatic rings. The molecule has 8 nitrogen and oxygen atoms in total. The summed E-state index contributed by atoms with van der Waals surface area (Å²) in [5.74, 6) is -0.702. The largest absolute Gasteiger partial charge is 0.369 e. The summed E-state index contributed by atoms with van der Waals surface area (Å²) in [4.78, 5) is 37.6. The minimum atomic E-state index is -0.519. The summed E-state index contributed by atoms with van der Waals surface area (Å²) in [6.45, 7) is 1.76. The highest BCUT2D eigenvalue weighted by molar-refractivity contribution is 8.01. The van der Waals surface area contributed by atoms with E-state index < -0.39 is 16.7 Å². The minimum absolute atomic E-state index is 0.0966. The number of amides is 2. The maximum Gasteiger partial charge on any atom is 0.273 e. The summed E-state index contributed by atoms with van der Waals surface area (Å²) in [5, 5.41) is 14.0. The molecule has 0 aliphatic heterocycles. The highest BCUT2D eigenvalue weighted by Gasteiger charge is 2.17. The van der Waals surface area contributed by atoms with Gasteiger partial charge in [0.1, 0.15) is 0 Å². The fraction of sp³-hybridized carbons (Fsp3) is 0.214. The van der Waals surface area contributed by atoms with Gasteiger partial charge < -0.3 is 11.1 Å². The van der Waals surface area contributed by atoms with Crippen LogP contribution in [-0.4, -0.2) is 27.5 Å². The number of carbonyl (C=O) groups excluding carboxylic acids is 2. The first-order chi connectivity index (χ1) is 11.4. The first-order valence-electron chi connectivity index (χ1n) is 6.77. The molecule has 10 heteroatoms. The average Bonchev–Trinajstić information content (AvgIpc) is 2.84. The van der Waals surface area contributed by atoms with E-state index >= 15 is 0 Å². The van der Waals surface area contributed by atoms with Crippen LogP contribution in [0.25, 0.3) is 0 Å². The Morgan fingerprint density at radius 2 is 2.12 bits per heavy atom. The molecule has 1 heterocycles. The van der Waals surface area contributed by atoms with Crippen LogP contribution in [0.5, 0.6) is 0 Å². The van der Waals surface area contributed by atoms with Gasteiger partial charge in [0.15, 0.2) is 5.13 Å². The number of thioether (sulfide) groups is 1. The number of hydrogen-bond acceptors (Lipinski definition) is 7. The number of anilines is 1. The van der Waals surface area contributed by atoms with Crippen LogP contribution in [0, 0.1) is 17.0 Å². The van der Waals surface area contributed by atoms with Gasteiger partial charge in [-0.2, -0.15) is 0 Å². The van der Waals surface area contributed by atoms with E-state index in [9.17, 15) is 19.7 Å². The van der Waals surface area contributed by atoms with Gasteiger partial charge in [0.05, 0.1) is 27.0 Å². The number of hydrogen-bond donors (Lipinski definition) is 2. The molecule has 126 valence electrons. The number of rotatable bonds is 7. The summed E-state index contributed by atoms with van der Waals surface area (Å²) >= 11 is 2.48. The molecule has 1 aromatic carbocycles. The number of thiazole rings is 1. The van der Waals surface area contributed by atoms with E-state index in [1.165, 1.54) is 29.2 Å². The molecule has 0 aliphatic carbocycles. The van der Waals surface area contributed by atoms with Gasteiger partial charge in [0.25, 0.3) is 5.69 Å². The van der Waals surface area contributed by atoms with Gasteiger partial charge in [-0.05, 0) is 6.92 Å². The Labute approximate surface area is 145 Å². The molecule has 0 unspecified atom stereocenters. The average molecular weight is 366 g/mol. The van der Waals surface area contributed by atoms with Gasteiger partial charge in [-0.25, -0.2) is 4.98 Å². The summed E-state index contributed by atoms with van der Waals surface area (Å²) in [5.41, 5.74) is 6.02. The van der Waals surface area contributed by atoms with Crippen molar-refractivity contribution in [3.8, 4) is 0 Å². The molecule has 0 fully saturated rings. The summed E-state index contributed by atoms with van der Waals surface area (Å²) < 4.78 is 0.787. The molecule has 2 rings (SSSR count). The molecule has 0 atom stereocenters. The lowest BCUT2D eigenvalue weighted by Gasteiger charge is -2.03. The first kappa shape index (κ1) is 17.9. The Morgan fingerprint density at radius 3 is 2.79 bits per heavy atom. The maximum absolute atomic E-state index is 12.1. The second kappa shape index (κ2) is 7.88. The molecule has 0 saturated carbocycles. The molecule has 0 bridgehead atoms. The molecule has 24 heavy (non-hydrogen) atoms. The van der Waals surface area contributed by atoms with Crippen LogP contribution in [0.2, 0.25) is 0 Å². The number of nitro groups is 1. The van der Waals surface area contributed by atoms with Crippen molar-refractivity contribution < 1.29 is 14.5 Å². The number of benzene rings is 1. The standard InChI is InChI=1S/C14H14N4O4S2/c1-8-13(23-7-11(15)19)24-14(16-8)17-12(20)6-9-4-2-3-5-10(9)18(21)22/h2-5H,6-7H2,1H3,(H2,15,19)(H,16,17,20). The van der Waals surface area contributed by atoms with Gasteiger partial charge in [-0.1, -0.05) is 29.5 Å². The van der Waals surface area contributed by atoms with Gasteiger partial charge >= 0.3 is 0 Å². The highest BCUT2D eigenvalue weighted by atomic mass is 32.2. The molecular formula is C14H14N4O4S2. The van der Waals surface area contributed by atoms with Gasteiger partial charge in [0, 0.05) is 11.6 Å². The monoisotopic (exact) mass is 366 g/mol. The number of para-hydroxylation sites is 1. The van der Waals surface area contributed by atoms with E-state index in [0.717, 1.165) is 4.21 Å². The third-order valence-corrected chi connectivity index (χ3v) is 5.34. The molecule has 0 radical (unpaired) electrons. The number of carbonyl (C=O) groups is 2. The number of aryl methyl sites for hydroxylation is 1. The molecule has 0 spiro atoms. The lowest BCUT2D eigenvalue weighted by atomic mass is 10.1. The zero-order valence-electron chi connectivity index (χ0n) is 12.6. The SMILES string of the molecule is Cc1nc(NC(=O)Cc2ccccc2[N+](=O)[O-])sc1SCC(N)=O. The van der Waals surface area contributed by atoms with Crippen LogP contribution < -0.4 is 11.1 Å². The van der Waals surface area contributed by atoms with Gasteiger partial charge in [-0.15, -0.1) is 11.8 Å². The maximum atomic E-state index is 12.1. The zero-order valence-corrected chi connectivity index (χ0v) is 14.3. The number of nitro benzene ring substituents is 1. The lowest BCUT2D eigenvalue weighted by molar-refractivity contribution is -0.385. The van der Waals surface area contributed by atoms with Crippen molar-refractivity contribution in [1.29, 1.82) is 0 Å². The van der Waals surface area contributed by atoms with E-state index in [4.69, 9.17) is 5.73 Å². The van der Waals surface area contributed by atoms with Crippen LogP contribution in [0.1, 0.15) is 11.3 Å². The van der Waals surface area contributed by atoms with E-state index in [1.54, 1.807) is 25.1 Å². The topological polar surface area (TPSA) is 128 Å². The zero-order chi connectivity index (χ0) is 17.7. The Bertz CT molecular complexity index is 791. The third kappa shape index (κ3) is 4.77. The van der Waals surface area contributed by atoms with E-state index in [0.29, 0.717) is 16.4 Å². The Morgan fingerprint density at radius 1 is 1.42 bits per heavy atom. The second-order valence-corrected chi connectivity index (χ2v) is 7.00. The molecule has 0 saturated heterocycles. The van der Waals surface area contributed by atoms with Crippen LogP contribution in [-0.2, 0) is 16.0 Å². The Kier molecular flexibility index (Phi) is 5.88. The number of aromatic nitrogens is 1. The van der Waals surface area contributed by atoms with Crippen LogP contribution >= 0.6 is 23.1 Å². The normalized spacial score (nSPS) is 10.4. The predicted molar refractivity (Wildman–Crippen MR) is 92.2 cm³/mol. The Balaban J connectivity index is 2.04. The summed E-state index contributed by atoms with van der Waals surface area (Å²) in [7, 11) is 0. The number of nitrogens with one attached hydrogen (secondary N) is 1. The van der Waals surface area contributed by atoms with Crippen LogP contribution in [0.3, 0.4) is 0 Å². The highest BCUT2D eigenvalue weighted by Crippen LogP contribution is 2.32. The van der Waals surface area contributed by atoms with Crippen molar-refractivity contribution in [1.82, 2.24) is 4.98 Å². The van der Waals surface area contributed by atoms with Crippen LogP contribution in [0.4, 0.5) is 10.8 Å². The van der Waals surface area contributed by atoms with Crippen molar-refractivity contribution >= 4 is 45.7 Å². The second-order valence-electron chi connectivity index (χ2n) is 4.76. The number of nitrogens with two attached hydrogens (primary N) is 1. The smallest absolute Gasteiger partial charge is 0.273 e. The lowest BCUT2D eigenvalue weighted by Crippen LogP contribution is -2.15. The molecule has 2 amide bonds. The fourth-order valence-electron chi connectivity index (χ4n) is 1.88. The fourth-order valence-corrected chi connectivity index (χ4v) is 3.77. The summed E-state index contributed by atoms with van der Waals surface area (Å²) in [6.07, 6.45) is -0.125. The van der Waals surface area contributed by atoms with Crippen molar-refractivity contribution in [2.24, 2.45) is 5.73 Å². The number of nitrogens with zero attached hydrogens (tertiary/aromatic N) is 2. The van der Waals surface area contributed by atoms with Gasteiger partial charge in [-0.3, -0.25) is 19.7 Å². The van der Waals surface area contributed by atoms with Crippen molar-refractivity contribution in [3.63, 3.8) is 0 Å². The van der Waals surface area contributed by atoms with Crippen molar-refractivity contribution in [2.45, 2.75) is 17.6 Å². The molecule has 1 aromatic heterocycles. The first-order valence-corrected chi connectivity index (χ1v) is 8.57. The van der Waals surface area contributed by atoms with Crippen LogP contribution in [0.15, 0.2) is 28.5 Å². The van der Waals surface area contributed by atoms with E-state index in [-0.39, 0.29) is 17.9 Å². The summed E-state index contributed by atoms with van der Waals surface area (Å²) in [6, 6.07) is 6.08. The molecular weight excluding hydrogens is 352 g/mol. The van der Waals surface area contributed by atoms with E-state index in [2.05, 4.69) is 10.3 Å². The molecule has 3 N–H and O–H groups in total. The van der Waals surface area contributed by atoms with Crippen molar-refractivity contribution in [2.75, 3.05) is 11.1 Å². The van der Waals surface area contributed by atoms with E-state index in [1.807, 2.05) is 0 Å². The minimum Gasteiger partial charge on any atom is -0.369 e. The third-order valence-electron chi connectivity index (χ3n) is 2.89. The Hall–Kier alpha value is -2.46. The predicted octanol–water partition coefficient (Wildman–Crippen LogP) is 2.12. The molecule has 0 aliphatic rings. The van der Waals surface area contributed by atoms with Gasteiger partial charge in [0.2, 0.25) is 11.8 Å². The number of primary amides is 1. The van der Waals surface area contributed by atoms with Crippen molar-refractivity contribution in [3.05, 3.63) is 45.6 Å².